The van der Waals surface area contributed by atoms with E-state index in [0.717, 1.165) is 37.1 Å². The van der Waals surface area contributed by atoms with Crippen LogP contribution in [-0.4, -0.2) is 45.5 Å². The number of ether oxygens (including phenoxy) is 1. The van der Waals surface area contributed by atoms with Gasteiger partial charge in [0.1, 0.15) is 24.0 Å². The zero-order chi connectivity index (χ0) is 26.4. The number of hydrogen-bond donors (Lipinski definition) is 3. The molecular weight excluding hydrogens is 473 g/mol. The van der Waals surface area contributed by atoms with E-state index in [4.69, 9.17) is 4.74 Å². The number of nitrogens with one attached hydrogen (secondary N) is 3. The summed E-state index contributed by atoms with van der Waals surface area (Å²) in [6.07, 6.45) is 2.82. The van der Waals surface area contributed by atoms with Crippen molar-refractivity contribution in [3.63, 3.8) is 0 Å². The first-order valence-corrected chi connectivity index (χ1v) is 12.7. The van der Waals surface area contributed by atoms with Gasteiger partial charge in [-0.15, -0.1) is 0 Å². The van der Waals surface area contributed by atoms with Crippen LogP contribution in [0.1, 0.15) is 57.0 Å². The number of para-hydroxylation sites is 1. The minimum Gasteiger partial charge on any atom is -0.445 e. The molecule has 2 heterocycles. The molecule has 1 aliphatic heterocycles. The fraction of sp³-hybridized carbons (Fsp3) is 0.393. The molecule has 0 bridgehead atoms. The Bertz CT molecular complexity index is 1250. The minimum absolute atomic E-state index is 0.0894. The van der Waals surface area contributed by atoms with E-state index in [9.17, 15) is 14.0 Å². The molecule has 196 valence electrons. The molecule has 0 unspecified atom stereocenters. The molecule has 3 aromatic rings. The highest BCUT2D eigenvalue weighted by Crippen LogP contribution is 2.23. The number of hydrogen-bond acceptors (Lipinski definition) is 5. The third-order valence-corrected chi connectivity index (χ3v) is 6.72. The van der Waals surface area contributed by atoms with Gasteiger partial charge < -0.3 is 25.3 Å². The number of benzene rings is 2. The summed E-state index contributed by atoms with van der Waals surface area (Å²) >= 11 is 0. The van der Waals surface area contributed by atoms with Gasteiger partial charge in [0.15, 0.2) is 5.82 Å². The van der Waals surface area contributed by atoms with E-state index in [1.807, 2.05) is 30.3 Å². The lowest BCUT2D eigenvalue weighted by Gasteiger charge is -2.37. The van der Waals surface area contributed by atoms with Crippen molar-refractivity contribution in [3.8, 4) is 0 Å². The number of carbonyl (C=O) groups excluding carboxylic acids is 2. The number of fused-ring (bicyclic) bond motifs is 1. The lowest BCUT2D eigenvalue weighted by Crippen LogP contribution is -2.49. The number of rotatable bonds is 9. The number of aromatic nitrogens is 2. The van der Waals surface area contributed by atoms with E-state index in [1.165, 1.54) is 6.07 Å². The second kappa shape index (κ2) is 11.9. The number of H-pyrrole nitrogens is 1. The summed E-state index contributed by atoms with van der Waals surface area (Å²) < 4.78 is 19.5. The molecule has 0 saturated carbocycles. The Morgan fingerprint density at radius 1 is 1.19 bits per heavy atom. The van der Waals surface area contributed by atoms with Crippen LogP contribution in [0.3, 0.4) is 0 Å². The van der Waals surface area contributed by atoms with Gasteiger partial charge >= 0.3 is 6.09 Å². The predicted molar refractivity (Wildman–Crippen MR) is 140 cm³/mol. The van der Waals surface area contributed by atoms with Gasteiger partial charge in [0.05, 0.1) is 11.6 Å². The summed E-state index contributed by atoms with van der Waals surface area (Å²) in [6, 6.07) is 12.8. The Morgan fingerprint density at radius 2 is 1.97 bits per heavy atom. The number of carbonyl (C=O) groups is 2. The highest BCUT2D eigenvalue weighted by molar-refractivity contribution is 5.86. The van der Waals surface area contributed by atoms with Crippen molar-refractivity contribution in [2.75, 3.05) is 6.54 Å². The van der Waals surface area contributed by atoms with Gasteiger partial charge in [-0.2, -0.15) is 0 Å². The highest BCUT2D eigenvalue weighted by atomic mass is 19.1. The van der Waals surface area contributed by atoms with Crippen molar-refractivity contribution in [2.45, 2.75) is 64.3 Å². The van der Waals surface area contributed by atoms with Crippen LogP contribution in [-0.2, 0) is 16.1 Å². The molecule has 0 aliphatic carbocycles. The zero-order valence-corrected chi connectivity index (χ0v) is 21.3. The molecule has 8 nitrogen and oxygen atoms in total. The summed E-state index contributed by atoms with van der Waals surface area (Å²) in [4.78, 5) is 35.6. The number of likely N-dealkylation sites (tertiary alicyclic amines) is 1. The number of aromatic amines is 1. The normalized spacial score (nSPS) is 17.2. The maximum Gasteiger partial charge on any atom is 0.408 e. The Kier molecular flexibility index (Phi) is 8.43. The first-order chi connectivity index (χ1) is 17.8. The molecule has 2 amide bonds. The van der Waals surface area contributed by atoms with E-state index in [1.54, 1.807) is 19.1 Å². The lowest BCUT2D eigenvalue weighted by molar-refractivity contribution is -0.123. The number of alkyl carbamates (subject to hydrolysis) is 1. The second-order valence-electron chi connectivity index (χ2n) is 9.56. The third-order valence-electron chi connectivity index (χ3n) is 6.72. The maximum absolute atomic E-state index is 14.1. The molecule has 3 N–H and O–H groups in total. The number of piperidine rings is 1. The summed E-state index contributed by atoms with van der Waals surface area (Å²) in [5.41, 5.74) is 2.39. The Morgan fingerprint density at radius 3 is 2.70 bits per heavy atom. The number of imidazole rings is 1. The molecule has 0 spiro atoms. The first-order valence-electron chi connectivity index (χ1n) is 12.7. The second-order valence-corrected chi connectivity index (χ2v) is 9.56. The molecule has 1 aliphatic rings. The quantitative estimate of drug-likeness (QED) is 0.381. The standard InChI is InChI=1S/C28H34FN5O3/c1-18-10-7-8-15-34(18)19(2)16-24(32-28(36)37-17-21-11-5-4-6-12-21)27(35)30-20(3)26-31-23-14-9-13-22(29)25(23)33-26/h4-6,9,11-14,18,20,24H,2,7-8,10,15-17H2,1,3H3,(H,30,35)(H,31,33)(H,32,36)/t18-,20-,24-/m0/s1. The fourth-order valence-corrected chi connectivity index (χ4v) is 4.64. The van der Waals surface area contributed by atoms with E-state index in [2.05, 4.69) is 39.0 Å². The summed E-state index contributed by atoms with van der Waals surface area (Å²) in [5.74, 6) is -0.426. The molecule has 2 aromatic carbocycles. The van der Waals surface area contributed by atoms with Crippen molar-refractivity contribution in [1.82, 2.24) is 25.5 Å². The largest absolute Gasteiger partial charge is 0.445 e. The van der Waals surface area contributed by atoms with E-state index >= 15 is 0 Å². The summed E-state index contributed by atoms with van der Waals surface area (Å²) in [6.45, 7) is 9.07. The van der Waals surface area contributed by atoms with E-state index in [0.29, 0.717) is 17.4 Å². The average molecular weight is 508 g/mol. The number of nitrogens with zero attached hydrogens (tertiary/aromatic N) is 2. The van der Waals surface area contributed by atoms with Gasteiger partial charge in [0, 0.05) is 24.7 Å². The van der Waals surface area contributed by atoms with Crippen LogP contribution in [0.5, 0.6) is 0 Å². The van der Waals surface area contributed by atoms with Crippen molar-refractivity contribution in [1.29, 1.82) is 0 Å². The minimum atomic E-state index is -0.909. The molecule has 37 heavy (non-hydrogen) atoms. The molecule has 1 fully saturated rings. The Labute approximate surface area is 216 Å². The van der Waals surface area contributed by atoms with Crippen LogP contribution in [0.25, 0.3) is 11.0 Å². The van der Waals surface area contributed by atoms with Gasteiger partial charge in [-0.3, -0.25) is 4.79 Å². The van der Waals surface area contributed by atoms with Gasteiger partial charge in [0.2, 0.25) is 5.91 Å². The molecule has 1 saturated heterocycles. The first kappa shape index (κ1) is 26.2. The Balaban J connectivity index is 1.45. The Hall–Kier alpha value is -3.88. The van der Waals surface area contributed by atoms with Gasteiger partial charge in [0.25, 0.3) is 0 Å². The van der Waals surface area contributed by atoms with E-state index < -0.39 is 29.9 Å². The van der Waals surface area contributed by atoms with Crippen LogP contribution >= 0.6 is 0 Å². The zero-order valence-electron chi connectivity index (χ0n) is 21.3. The highest BCUT2D eigenvalue weighted by Gasteiger charge is 2.28. The smallest absolute Gasteiger partial charge is 0.408 e. The van der Waals surface area contributed by atoms with Crippen LogP contribution in [0.15, 0.2) is 60.8 Å². The van der Waals surface area contributed by atoms with Gasteiger partial charge in [-0.05, 0) is 50.8 Å². The van der Waals surface area contributed by atoms with E-state index in [-0.39, 0.29) is 18.5 Å². The molecule has 1 aromatic heterocycles. The van der Waals surface area contributed by atoms with Crippen LogP contribution in [0, 0.1) is 5.82 Å². The summed E-state index contributed by atoms with van der Waals surface area (Å²) in [7, 11) is 0. The van der Waals surface area contributed by atoms with Crippen LogP contribution in [0.4, 0.5) is 9.18 Å². The topological polar surface area (TPSA) is 99.3 Å². The van der Waals surface area contributed by atoms with Gasteiger partial charge in [-0.25, -0.2) is 14.2 Å². The van der Waals surface area contributed by atoms with Crippen molar-refractivity contribution in [2.24, 2.45) is 0 Å². The molecule has 9 heteroatoms. The van der Waals surface area contributed by atoms with Gasteiger partial charge in [-0.1, -0.05) is 43.0 Å². The molecule has 4 rings (SSSR count). The van der Waals surface area contributed by atoms with Crippen LogP contribution in [0.2, 0.25) is 0 Å². The number of amides is 2. The van der Waals surface area contributed by atoms with Crippen LogP contribution < -0.4 is 10.6 Å². The lowest BCUT2D eigenvalue weighted by atomic mass is 10.0. The molecule has 3 atom stereocenters. The SMILES string of the molecule is C=C(C[C@H](NC(=O)OCc1ccccc1)C(=O)N[C@@H](C)c1nc2c(F)cccc2[nH]1)N1CCCC[C@@H]1C. The summed E-state index contributed by atoms with van der Waals surface area (Å²) in [5, 5.41) is 5.60. The maximum atomic E-state index is 14.1. The number of halogens is 1. The molecule has 0 radical (unpaired) electrons. The predicted octanol–water partition coefficient (Wildman–Crippen LogP) is 4.95. The third kappa shape index (κ3) is 6.67. The van der Waals surface area contributed by atoms with Crippen molar-refractivity contribution < 1.29 is 18.7 Å². The average Bonchev–Trinajstić information content (AvgIpc) is 3.34. The fourth-order valence-electron chi connectivity index (χ4n) is 4.64. The van der Waals surface area contributed by atoms with Crippen molar-refractivity contribution >= 4 is 23.0 Å². The monoisotopic (exact) mass is 507 g/mol. The van der Waals surface area contributed by atoms with Crippen molar-refractivity contribution in [3.05, 3.63) is 78.0 Å². The molecular formula is C28H34FN5O3.